The monoisotopic (exact) mass is 548 g/mol. The van der Waals surface area contributed by atoms with Gasteiger partial charge in [-0.1, -0.05) is 48.5 Å². The van der Waals surface area contributed by atoms with Gasteiger partial charge in [-0.05, 0) is 59.7 Å². The Labute approximate surface area is 231 Å². The van der Waals surface area contributed by atoms with E-state index < -0.39 is 0 Å². The number of carbonyl (C=O) groups excluding carboxylic acids is 2. The predicted molar refractivity (Wildman–Crippen MR) is 153 cm³/mol. The normalized spacial score (nSPS) is 10.5. The zero-order valence-electron chi connectivity index (χ0n) is 20.9. The molecule has 0 radical (unpaired) electrons. The van der Waals surface area contributed by atoms with E-state index in [0.717, 1.165) is 11.1 Å². The summed E-state index contributed by atoms with van der Waals surface area (Å²) in [5.74, 6) is 0.498. The first kappa shape index (κ1) is 27.0. The van der Waals surface area contributed by atoms with Crippen molar-refractivity contribution in [3.8, 4) is 22.6 Å². The first-order chi connectivity index (χ1) is 18.5. The molecule has 38 heavy (non-hydrogen) atoms. The summed E-state index contributed by atoms with van der Waals surface area (Å²) in [5.41, 5.74) is 3.78. The number of amides is 2. The third-order valence-electron chi connectivity index (χ3n) is 6.05. The maximum Gasteiger partial charge on any atom is 0.259 e. The molecule has 4 aromatic rings. The number of hydrogen-bond donors (Lipinski definition) is 0. The fourth-order valence-corrected chi connectivity index (χ4v) is 4.56. The molecule has 4 aromatic carbocycles. The van der Waals surface area contributed by atoms with Gasteiger partial charge >= 0.3 is 0 Å². The zero-order valence-corrected chi connectivity index (χ0v) is 22.4. The van der Waals surface area contributed by atoms with E-state index in [1.54, 1.807) is 74.9 Å². The molecule has 4 rings (SSSR count). The molecule has 6 nitrogen and oxygen atoms in total. The quantitative estimate of drug-likeness (QED) is 0.166. The summed E-state index contributed by atoms with van der Waals surface area (Å²) in [6.45, 7) is 0. The van der Waals surface area contributed by atoms with Crippen LogP contribution < -0.4 is 19.3 Å². The van der Waals surface area contributed by atoms with Crippen molar-refractivity contribution in [2.24, 2.45) is 0 Å². The summed E-state index contributed by atoms with van der Waals surface area (Å²) < 4.78 is 11.3. The van der Waals surface area contributed by atoms with Gasteiger partial charge in [0.2, 0.25) is 0 Å². The van der Waals surface area contributed by atoms with Gasteiger partial charge in [0.25, 0.3) is 11.8 Å². The molecule has 0 aliphatic heterocycles. The molecule has 0 N–H and O–H groups in total. The van der Waals surface area contributed by atoms with Crippen LogP contribution in [0.5, 0.6) is 11.5 Å². The number of benzene rings is 4. The van der Waals surface area contributed by atoms with E-state index in [0.29, 0.717) is 34.0 Å². The first-order valence-corrected chi connectivity index (χ1v) is 12.8. The Morgan fingerprint density at radius 2 is 0.974 bits per heavy atom. The lowest BCUT2D eigenvalue weighted by molar-refractivity contribution is 0.0983. The molecule has 0 saturated heterocycles. The van der Waals surface area contributed by atoms with Gasteiger partial charge in [0.1, 0.15) is 23.5 Å². The van der Waals surface area contributed by atoms with Crippen LogP contribution in [0.4, 0.5) is 11.4 Å². The molecule has 0 saturated carbocycles. The van der Waals surface area contributed by atoms with Crippen molar-refractivity contribution in [1.29, 1.82) is 0 Å². The van der Waals surface area contributed by atoms with E-state index in [1.165, 1.54) is 9.80 Å². The fraction of sp³-hybridized carbons (Fsp3) is 0.133. The van der Waals surface area contributed by atoms with Crippen LogP contribution in [0.3, 0.4) is 0 Å². The lowest BCUT2D eigenvalue weighted by atomic mass is 10.0. The number of nitrogens with zero attached hydrogens (tertiary/aromatic N) is 2. The molecular formula is C30H26Cl2N2O4. The molecule has 0 aromatic heterocycles. The van der Waals surface area contributed by atoms with Crippen molar-refractivity contribution in [2.75, 3.05) is 36.0 Å². The summed E-state index contributed by atoms with van der Waals surface area (Å²) in [5, 5.41) is 0. The van der Waals surface area contributed by atoms with E-state index in [9.17, 15) is 9.59 Å². The molecule has 0 bridgehead atoms. The van der Waals surface area contributed by atoms with Crippen molar-refractivity contribution in [3.63, 3.8) is 0 Å². The van der Waals surface area contributed by atoms with E-state index in [1.807, 2.05) is 36.4 Å². The van der Waals surface area contributed by atoms with Gasteiger partial charge in [-0.3, -0.25) is 19.4 Å². The van der Waals surface area contributed by atoms with Gasteiger partial charge in [0, 0.05) is 11.1 Å². The molecule has 194 valence electrons. The second-order valence-corrected chi connectivity index (χ2v) is 8.69. The zero-order chi connectivity index (χ0) is 27.1. The summed E-state index contributed by atoms with van der Waals surface area (Å²) >= 11 is 12.4. The van der Waals surface area contributed by atoms with Gasteiger partial charge in [-0.15, -0.1) is 23.2 Å². The van der Waals surface area contributed by atoms with Crippen LogP contribution in [-0.2, 0) is 0 Å². The Kier molecular flexibility index (Phi) is 8.89. The Morgan fingerprint density at radius 3 is 1.29 bits per heavy atom. The Bertz CT molecular complexity index is 1310. The number of carbonyl (C=O) groups is 2. The highest BCUT2D eigenvalue weighted by Gasteiger charge is 2.23. The molecule has 8 heteroatoms. The van der Waals surface area contributed by atoms with E-state index >= 15 is 0 Å². The number of ether oxygens (including phenoxy) is 2. The smallest absolute Gasteiger partial charge is 0.259 e. The number of halogens is 2. The van der Waals surface area contributed by atoms with E-state index in [2.05, 4.69) is 0 Å². The molecular weight excluding hydrogens is 523 g/mol. The molecule has 2 amide bonds. The SMILES string of the molecule is COc1cc(-c2ccc(N(CCl)C(=O)c3ccccc3)c(OC)c2)ccc1N(CCl)C(=O)c1ccccc1. The van der Waals surface area contributed by atoms with Crippen LogP contribution in [0.25, 0.3) is 11.1 Å². The number of alkyl halides is 2. The fourth-order valence-electron chi connectivity index (χ4n) is 4.09. The third-order valence-corrected chi connectivity index (χ3v) is 6.52. The Morgan fingerprint density at radius 1 is 0.605 bits per heavy atom. The standard InChI is InChI=1S/C30H26Cl2N2O4/c1-37-27-17-23(13-15-25(27)33(19-31)29(35)21-9-5-3-6-10-21)24-14-16-26(28(18-24)38-2)34(20-32)30(36)22-11-7-4-8-12-22/h3-18H,19-20H2,1-2H3. The van der Waals surface area contributed by atoms with Gasteiger partial charge in [0.15, 0.2) is 0 Å². The highest BCUT2D eigenvalue weighted by atomic mass is 35.5. The minimum atomic E-state index is -0.234. The van der Waals surface area contributed by atoms with Crippen molar-refractivity contribution in [3.05, 3.63) is 108 Å². The van der Waals surface area contributed by atoms with Crippen LogP contribution in [-0.4, -0.2) is 38.0 Å². The van der Waals surface area contributed by atoms with Crippen LogP contribution in [0.1, 0.15) is 20.7 Å². The molecule has 0 atom stereocenters. The summed E-state index contributed by atoms with van der Waals surface area (Å²) in [6, 6.07) is 28.8. The molecule has 0 spiro atoms. The van der Waals surface area contributed by atoms with Gasteiger partial charge in [-0.2, -0.15) is 0 Å². The van der Waals surface area contributed by atoms with Crippen molar-refractivity contribution >= 4 is 46.4 Å². The maximum absolute atomic E-state index is 13.1. The van der Waals surface area contributed by atoms with Crippen LogP contribution in [0, 0.1) is 0 Å². The highest BCUT2D eigenvalue weighted by molar-refractivity contribution is 6.23. The Balaban J connectivity index is 1.67. The average molecular weight is 549 g/mol. The van der Waals surface area contributed by atoms with Gasteiger partial charge in [0.05, 0.1) is 25.6 Å². The lowest BCUT2D eigenvalue weighted by Crippen LogP contribution is -2.30. The highest BCUT2D eigenvalue weighted by Crippen LogP contribution is 2.38. The average Bonchev–Trinajstić information content (AvgIpc) is 2.98. The lowest BCUT2D eigenvalue weighted by Gasteiger charge is -2.24. The molecule has 0 aliphatic carbocycles. The predicted octanol–water partition coefficient (Wildman–Crippen LogP) is 7.06. The maximum atomic E-state index is 13.1. The molecule has 0 aliphatic rings. The van der Waals surface area contributed by atoms with Gasteiger partial charge in [-0.25, -0.2) is 0 Å². The van der Waals surface area contributed by atoms with Crippen LogP contribution in [0.2, 0.25) is 0 Å². The number of hydrogen-bond acceptors (Lipinski definition) is 4. The minimum Gasteiger partial charge on any atom is -0.495 e. The van der Waals surface area contributed by atoms with Gasteiger partial charge < -0.3 is 9.47 Å². The molecule has 0 fully saturated rings. The summed E-state index contributed by atoms with van der Waals surface area (Å²) in [6.07, 6.45) is 0. The van der Waals surface area contributed by atoms with Crippen LogP contribution in [0.15, 0.2) is 97.1 Å². The largest absolute Gasteiger partial charge is 0.495 e. The topological polar surface area (TPSA) is 59.1 Å². The number of anilines is 2. The molecule has 0 heterocycles. The number of methoxy groups -OCH3 is 2. The second kappa shape index (κ2) is 12.5. The second-order valence-electron chi connectivity index (χ2n) is 8.21. The molecule has 0 unspecified atom stereocenters. The summed E-state index contributed by atoms with van der Waals surface area (Å²) in [4.78, 5) is 29.1. The third kappa shape index (κ3) is 5.62. The van der Waals surface area contributed by atoms with E-state index in [-0.39, 0.29) is 23.8 Å². The van der Waals surface area contributed by atoms with Crippen LogP contribution >= 0.6 is 23.2 Å². The van der Waals surface area contributed by atoms with E-state index in [4.69, 9.17) is 32.7 Å². The summed E-state index contributed by atoms with van der Waals surface area (Å²) in [7, 11) is 3.08. The van der Waals surface area contributed by atoms with Crippen molar-refractivity contribution in [2.45, 2.75) is 0 Å². The Hall–Kier alpha value is -4.00. The minimum absolute atomic E-state index is 0.0460. The number of rotatable bonds is 9. The van der Waals surface area contributed by atoms with Crippen molar-refractivity contribution < 1.29 is 19.1 Å². The first-order valence-electron chi connectivity index (χ1n) is 11.7. The van der Waals surface area contributed by atoms with Crippen molar-refractivity contribution in [1.82, 2.24) is 0 Å².